The molecule has 1 unspecified atom stereocenters. The Hall–Kier alpha value is -1.08. The summed E-state index contributed by atoms with van der Waals surface area (Å²) in [4.78, 5) is 0. The lowest BCUT2D eigenvalue weighted by Gasteiger charge is -2.20. The van der Waals surface area contributed by atoms with Crippen LogP contribution in [0.3, 0.4) is 0 Å². The molecule has 0 bridgehead atoms. The van der Waals surface area contributed by atoms with Crippen LogP contribution in [0.4, 0.5) is 0 Å². The Kier molecular flexibility index (Phi) is 4.53. The molecule has 1 rings (SSSR count). The summed E-state index contributed by atoms with van der Waals surface area (Å²) >= 11 is 0. The number of hydrogen-bond donors (Lipinski definition) is 1. The van der Waals surface area contributed by atoms with Gasteiger partial charge in [0.15, 0.2) is 0 Å². The summed E-state index contributed by atoms with van der Waals surface area (Å²) in [6, 6.07) is 9.27. The maximum absolute atomic E-state index is 3.90. The largest absolute Gasteiger partial charge is 0.306 e. The van der Waals surface area contributed by atoms with E-state index in [-0.39, 0.29) is 5.41 Å². The molecule has 17 heavy (non-hydrogen) atoms. The molecule has 1 aromatic rings. The highest BCUT2D eigenvalue weighted by atomic mass is 14.9. The van der Waals surface area contributed by atoms with Crippen LogP contribution in [0.1, 0.15) is 51.8 Å². The van der Waals surface area contributed by atoms with Crippen molar-refractivity contribution in [3.8, 4) is 0 Å². The SMILES string of the molecule is C=C(C)CNC(C)c1ccc(C(C)(C)C)cc1. The van der Waals surface area contributed by atoms with Crippen LogP contribution in [0.15, 0.2) is 36.4 Å². The maximum atomic E-state index is 3.90. The molecule has 1 heteroatoms. The van der Waals surface area contributed by atoms with Gasteiger partial charge in [-0.05, 0) is 30.4 Å². The van der Waals surface area contributed by atoms with E-state index in [1.807, 2.05) is 6.92 Å². The molecule has 0 spiro atoms. The summed E-state index contributed by atoms with van der Waals surface area (Å²) < 4.78 is 0. The number of benzene rings is 1. The molecule has 0 heterocycles. The van der Waals surface area contributed by atoms with E-state index in [0.29, 0.717) is 6.04 Å². The Balaban J connectivity index is 2.70. The Morgan fingerprint density at radius 1 is 1.24 bits per heavy atom. The van der Waals surface area contributed by atoms with E-state index in [2.05, 4.69) is 63.9 Å². The molecule has 94 valence electrons. The summed E-state index contributed by atoms with van der Waals surface area (Å²) in [5, 5.41) is 3.46. The first-order valence-electron chi connectivity index (χ1n) is 6.29. The van der Waals surface area contributed by atoms with Crippen LogP contribution in [0.5, 0.6) is 0 Å². The minimum atomic E-state index is 0.229. The third kappa shape index (κ3) is 4.35. The zero-order valence-corrected chi connectivity index (χ0v) is 11.8. The molecule has 0 aliphatic heterocycles. The fourth-order valence-corrected chi connectivity index (χ4v) is 1.72. The van der Waals surface area contributed by atoms with Gasteiger partial charge in [-0.1, -0.05) is 57.2 Å². The van der Waals surface area contributed by atoms with Gasteiger partial charge in [-0.2, -0.15) is 0 Å². The van der Waals surface area contributed by atoms with Crippen molar-refractivity contribution in [1.29, 1.82) is 0 Å². The molecular formula is C16H25N. The smallest absolute Gasteiger partial charge is 0.0294 e. The summed E-state index contributed by atoms with van der Waals surface area (Å²) in [5.74, 6) is 0. The topological polar surface area (TPSA) is 12.0 Å². The quantitative estimate of drug-likeness (QED) is 0.765. The molecule has 0 aromatic heterocycles. The van der Waals surface area contributed by atoms with Gasteiger partial charge in [-0.25, -0.2) is 0 Å². The molecule has 0 amide bonds. The lowest BCUT2D eigenvalue weighted by atomic mass is 9.86. The first kappa shape index (κ1) is 14.0. The lowest BCUT2D eigenvalue weighted by Crippen LogP contribution is -2.20. The average molecular weight is 231 g/mol. The Morgan fingerprint density at radius 3 is 2.18 bits per heavy atom. The van der Waals surface area contributed by atoms with Gasteiger partial charge in [0.1, 0.15) is 0 Å². The summed E-state index contributed by atoms with van der Waals surface area (Å²) in [5.41, 5.74) is 4.11. The highest BCUT2D eigenvalue weighted by Gasteiger charge is 2.13. The van der Waals surface area contributed by atoms with Crippen LogP contribution in [0.2, 0.25) is 0 Å². The number of rotatable bonds is 4. The predicted octanol–water partition coefficient (Wildman–Crippen LogP) is 4.21. The van der Waals surface area contributed by atoms with Crippen LogP contribution >= 0.6 is 0 Å². The van der Waals surface area contributed by atoms with Crippen molar-refractivity contribution in [3.05, 3.63) is 47.5 Å². The van der Waals surface area contributed by atoms with Crippen LogP contribution in [-0.4, -0.2) is 6.54 Å². The van der Waals surface area contributed by atoms with Gasteiger partial charge in [0.05, 0.1) is 0 Å². The zero-order chi connectivity index (χ0) is 13.1. The van der Waals surface area contributed by atoms with Crippen LogP contribution in [0.25, 0.3) is 0 Å². The van der Waals surface area contributed by atoms with Crippen molar-refractivity contribution >= 4 is 0 Å². The molecule has 1 atom stereocenters. The van der Waals surface area contributed by atoms with E-state index in [9.17, 15) is 0 Å². The van der Waals surface area contributed by atoms with Gasteiger partial charge < -0.3 is 5.32 Å². The summed E-state index contributed by atoms with van der Waals surface area (Å²) in [6.45, 7) is 15.7. The predicted molar refractivity (Wildman–Crippen MR) is 76.4 cm³/mol. The molecule has 0 radical (unpaired) electrons. The number of nitrogens with one attached hydrogen (secondary N) is 1. The Morgan fingerprint density at radius 2 is 1.76 bits per heavy atom. The highest BCUT2D eigenvalue weighted by Crippen LogP contribution is 2.23. The minimum absolute atomic E-state index is 0.229. The van der Waals surface area contributed by atoms with Gasteiger partial charge in [0, 0.05) is 12.6 Å². The molecule has 1 N–H and O–H groups in total. The van der Waals surface area contributed by atoms with Gasteiger partial charge >= 0.3 is 0 Å². The molecule has 0 fully saturated rings. The molecule has 0 saturated carbocycles. The zero-order valence-electron chi connectivity index (χ0n) is 11.8. The summed E-state index contributed by atoms with van der Waals surface area (Å²) in [6.07, 6.45) is 0. The molecule has 1 aromatic carbocycles. The van der Waals surface area contributed by atoms with Crippen molar-refractivity contribution in [3.63, 3.8) is 0 Å². The first-order valence-corrected chi connectivity index (χ1v) is 6.29. The molecule has 0 aliphatic rings. The van der Waals surface area contributed by atoms with Crippen molar-refractivity contribution < 1.29 is 0 Å². The second kappa shape index (κ2) is 5.50. The first-order chi connectivity index (χ1) is 7.80. The van der Waals surface area contributed by atoms with E-state index in [0.717, 1.165) is 6.54 Å². The van der Waals surface area contributed by atoms with Crippen molar-refractivity contribution in [2.45, 2.75) is 46.1 Å². The van der Waals surface area contributed by atoms with Gasteiger partial charge in [0.25, 0.3) is 0 Å². The second-order valence-electron chi connectivity index (χ2n) is 5.93. The fourth-order valence-electron chi connectivity index (χ4n) is 1.72. The second-order valence-corrected chi connectivity index (χ2v) is 5.93. The van der Waals surface area contributed by atoms with E-state index < -0.39 is 0 Å². The molecule has 0 saturated heterocycles. The minimum Gasteiger partial charge on any atom is -0.306 e. The lowest BCUT2D eigenvalue weighted by molar-refractivity contribution is 0.585. The normalized spacial score (nSPS) is 13.5. The maximum Gasteiger partial charge on any atom is 0.0294 e. The Bertz CT molecular complexity index is 368. The van der Waals surface area contributed by atoms with Crippen molar-refractivity contribution in [1.82, 2.24) is 5.32 Å². The van der Waals surface area contributed by atoms with Gasteiger partial charge in [-0.3, -0.25) is 0 Å². The van der Waals surface area contributed by atoms with E-state index in [4.69, 9.17) is 0 Å². The van der Waals surface area contributed by atoms with Crippen molar-refractivity contribution in [2.75, 3.05) is 6.54 Å². The third-order valence-electron chi connectivity index (χ3n) is 2.99. The molecular weight excluding hydrogens is 206 g/mol. The van der Waals surface area contributed by atoms with Crippen LogP contribution in [0, 0.1) is 0 Å². The monoisotopic (exact) mass is 231 g/mol. The van der Waals surface area contributed by atoms with Crippen LogP contribution < -0.4 is 5.32 Å². The van der Waals surface area contributed by atoms with E-state index >= 15 is 0 Å². The summed E-state index contributed by atoms with van der Waals surface area (Å²) in [7, 11) is 0. The van der Waals surface area contributed by atoms with Crippen LogP contribution in [-0.2, 0) is 5.41 Å². The standard InChI is InChI=1S/C16H25N/c1-12(2)11-17-13(3)14-7-9-15(10-8-14)16(4,5)6/h7-10,13,17H,1,11H2,2-6H3. The highest BCUT2D eigenvalue weighted by molar-refractivity contribution is 5.29. The van der Waals surface area contributed by atoms with E-state index in [1.54, 1.807) is 0 Å². The van der Waals surface area contributed by atoms with E-state index in [1.165, 1.54) is 16.7 Å². The molecule has 1 nitrogen and oxygen atoms in total. The van der Waals surface area contributed by atoms with Gasteiger partial charge in [0.2, 0.25) is 0 Å². The fraction of sp³-hybridized carbons (Fsp3) is 0.500. The Labute approximate surface area is 106 Å². The van der Waals surface area contributed by atoms with Crippen molar-refractivity contribution in [2.24, 2.45) is 0 Å². The third-order valence-corrected chi connectivity index (χ3v) is 2.99. The number of hydrogen-bond acceptors (Lipinski definition) is 1. The van der Waals surface area contributed by atoms with Gasteiger partial charge in [-0.15, -0.1) is 0 Å². The molecule has 0 aliphatic carbocycles. The average Bonchev–Trinajstić information content (AvgIpc) is 2.25.